The standard InChI is InChI=1S/C20H33ClN4O4/c1-10-13(4)15(11-23-19(28)29-20(6,7)8)25(14(5)17(26)27)16(12(2)3)24-18(21)22-9/h13,15H,5,9-11H2,1-4,6-8H3,(H,23,28)(H,26,27). The van der Waals surface area contributed by atoms with Crippen molar-refractivity contribution in [1.29, 1.82) is 0 Å². The highest BCUT2D eigenvalue weighted by Crippen LogP contribution is 2.27. The fourth-order valence-electron chi connectivity index (χ4n) is 2.44. The van der Waals surface area contributed by atoms with Crippen LogP contribution in [0, 0.1) is 5.92 Å². The topological polar surface area (TPSA) is 104 Å². The molecule has 1 amide bonds. The molecule has 9 heteroatoms. The summed E-state index contributed by atoms with van der Waals surface area (Å²) < 4.78 is 5.29. The van der Waals surface area contributed by atoms with E-state index in [0.29, 0.717) is 5.57 Å². The summed E-state index contributed by atoms with van der Waals surface area (Å²) in [6, 6.07) is -0.473. The summed E-state index contributed by atoms with van der Waals surface area (Å²) in [5.41, 5.74) is -0.159. The van der Waals surface area contributed by atoms with Crippen LogP contribution >= 0.6 is 11.6 Å². The second-order valence-electron chi connectivity index (χ2n) is 7.82. The summed E-state index contributed by atoms with van der Waals surface area (Å²) in [6.07, 6.45) is 0.122. The molecule has 8 nitrogen and oxygen atoms in total. The van der Waals surface area contributed by atoms with E-state index in [1.165, 1.54) is 4.90 Å². The van der Waals surface area contributed by atoms with Crippen molar-refractivity contribution in [2.24, 2.45) is 15.9 Å². The van der Waals surface area contributed by atoms with E-state index in [0.717, 1.165) is 6.42 Å². The van der Waals surface area contributed by atoms with E-state index in [1.807, 2.05) is 13.8 Å². The molecule has 164 valence electrons. The van der Waals surface area contributed by atoms with Crippen LogP contribution in [0.1, 0.15) is 54.9 Å². The van der Waals surface area contributed by atoms with Crippen LogP contribution in [-0.2, 0) is 9.53 Å². The van der Waals surface area contributed by atoms with Gasteiger partial charge in [0.2, 0.25) is 5.29 Å². The second-order valence-corrected chi connectivity index (χ2v) is 8.16. The Morgan fingerprint density at radius 3 is 2.24 bits per heavy atom. The van der Waals surface area contributed by atoms with Crippen molar-refractivity contribution >= 4 is 35.7 Å². The van der Waals surface area contributed by atoms with Gasteiger partial charge in [-0.3, -0.25) is 0 Å². The third-order valence-electron chi connectivity index (χ3n) is 4.03. The number of ether oxygens (including phenoxy) is 1. The van der Waals surface area contributed by atoms with E-state index in [4.69, 9.17) is 16.3 Å². The molecule has 0 aliphatic carbocycles. The van der Waals surface area contributed by atoms with Crippen molar-refractivity contribution in [1.82, 2.24) is 10.2 Å². The van der Waals surface area contributed by atoms with Gasteiger partial charge in [0.25, 0.3) is 0 Å². The van der Waals surface area contributed by atoms with Crippen molar-refractivity contribution in [2.45, 2.75) is 66.5 Å². The van der Waals surface area contributed by atoms with E-state index in [2.05, 4.69) is 28.6 Å². The minimum atomic E-state index is -1.22. The summed E-state index contributed by atoms with van der Waals surface area (Å²) in [6.45, 7) is 19.9. The number of rotatable bonds is 9. The number of nitrogens with one attached hydrogen (secondary N) is 1. The fourth-order valence-corrected chi connectivity index (χ4v) is 2.52. The molecule has 0 aliphatic heterocycles. The first-order chi connectivity index (χ1) is 13.2. The van der Waals surface area contributed by atoms with Crippen LogP contribution < -0.4 is 5.32 Å². The number of amides is 1. The van der Waals surface area contributed by atoms with Gasteiger partial charge in [-0.25, -0.2) is 19.6 Å². The highest BCUT2D eigenvalue weighted by molar-refractivity contribution is 6.65. The van der Waals surface area contributed by atoms with Crippen LogP contribution in [0.25, 0.3) is 0 Å². The van der Waals surface area contributed by atoms with Crippen molar-refractivity contribution in [3.63, 3.8) is 0 Å². The van der Waals surface area contributed by atoms with Gasteiger partial charge in [-0.2, -0.15) is 0 Å². The van der Waals surface area contributed by atoms with E-state index in [1.54, 1.807) is 34.6 Å². The van der Waals surface area contributed by atoms with Gasteiger partial charge in [-0.15, -0.1) is 0 Å². The molecular formula is C20H33ClN4O4. The van der Waals surface area contributed by atoms with Crippen LogP contribution in [0.4, 0.5) is 4.79 Å². The molecule has 0 saturated carbocycles. The maximum atomic E-state index is 12.2. The molecule has 0 aromatic heterocycles. The Morgan fingerprint density at radius 1 is 1.31 bits per heavy atom. The van der Waals surface area contributed by atoms with Gasteiger partial charge >= 0.3 is 12.1 Å². The summed E-state index contributed by atoms with van der Waals surface area (Å²) in [7, 11) is 0. The molecule has 0 fully saturated rings. The number of aliphatic carboxylic acids is 1. The number of aliphatic imine (C=N–C) groups is 2. The largest absolute Gasteiger partial charge is 0.477 e. The van der Waals surface area contributed by atoms with Crippen molar-refractivity contribution in [2.75, 3.05) is 6.54 Å². The Hall–Kier alpha value is -2.35. The van der Waals surface area contributed by atoms with Gasteiger partial charge in [0, 0.05) is 6.54 Å². The van der Waals surface area contributed by atoms with Gasteiger partial charge < -0.3 is 20.1 Å². The first-order valence-corrected chi connectivity index (χ1v) is 9.69. The van der Waals surface area contributed by atoms with Gasteiger partial charge in [-0.05, 0) is 64.4 Å². The minimum Gasteiger partial charge on any atom is -0.477 e. The average Bonchev–Trinajstić information content (AvgIpc) is 2.60. The third kappa shape index (κ3) is 9.13. The molecule has 0 heterocycles. The van der Waals surface area contributed by atoms with Crippen LogP contribution in [0.3, 0.4) is 0 Å². The highest BCUT2D eigenvalue weighted by atomic mass is 35.5. The van der Waals surface area contributed by atoms with Crippen molar-refractivity contribution in [3.05, 3.63) is 23.7 Å². The number of alkyl carbamates (subject to hydrolysis) is 1. The number of carbonyl (C=O) groups is 2. The number of nitrogens with zero attached hydrogens (tertiary/aromatic N) is 3. The lowest BCUT2D eigenvalue weighted by Gasteiger charge is -2.37. The first-order valence-electron chi connectivity index (χ1n) is 9.31. The molecule has 0 radical (unpaired) electrons. The Kier molecular flexibility index (Phi) is 10.7. The first kappa shape index (κ1) is 26.6. The zero-order valence-corrected chi connectivity index (χ0v) is 19.1. The van der Waals surface area contributed by atoms with Crippen LogP contribution in [0.2, 0.25) is 0 Å². The summed E-state index contributed by atoms with van der Waals surface area (Å²) >= 11 is 5.94. The Balaban J connectivity index is 6.17. The molecule has 0 aliphatic rings. The normalized spacial score (nSPS) is 13.7. The Morgan fingerprint density at radius 2 is 1.86 bits per heavy atom. The lowest BCUT2D eigenvalue weighted by Crippen LogP contribution is -2.48. The van der Waals surface area contributed by atoms with Crippen LogP contribution in [0.15, 0.2) is 33.7 Å². The van der Waals surface area contributed by atoms with Gasteiger partial charge in [0.05, 0.1) is 6.04 Å². The Labute approximate surface area is 178 Å². The quantitative estimate of drug-likeness (QED) is 0.245. The molecule has 29 heavy (non-hydrogen) atoms. The molecule has 0 saturated heterocycles. The van der Waals surface area contributed by atoms with Gasteiger partial charge in [-0.1, -0.05) is 26.8 Å². The number of hydrogen-bond donors (Lipinski definition) is 2. The number of carboxylic acid groups (broad SMARTS) is 1. The molecular weight excluding hydrogens is 396 g/mol. The predicted octanol–water partition coefficient (Wildman–Crippen LogP) is 4.37. The number of halogens is 1. The minimum absolute atomic E-state index is 0.0268. The SMILES string of the molecule is C=NC(Cl)=NC(=C(C)C)N(C(=C)C(=O)O)C(CNC(=O)OC(C)(C)C)C(C)CC. The number of carboxylic acids is 1. The molecule has 0 aromatic rings. The predicted molar refractivity (Wildman–Crippen MR) is 117 cm³/mol. The molecule has 0 spiro atoms. The summed E-state index contributed by atoms with van der Waals surface area (Å²) in [5.74, 6) is -0.959. The van der Waals surface area contributed by atoms with Crippen LogP contribution in [0.5, 0.6) is 0 Å². The molecule has 0 bridgehead atoms. The fraction of sp³-hybridized carbons (Fsp3) is 0.600. The lowest BCUT2D eigenvalue weighted by molar-refractivity contribution is -0.134. The van der Waals surface area contributed by atoms with E-state index in [-0.39, 0.29) is 29.3 Å². The number of carbonyl (C=O) groups excluding carboxylic acids is 1. The number of amidine groups is 1. The van der Waals surface area contributed by atoms with Crippen LogP contribution in [-0.4, -0.2) is 52.3 Å². The van der Waals surface area contributed by atoms with E-state index >= 15 is 0 Å². The van der Waals surface area contributed by atoms with Gasteiger partial charge in [0.15, 0.2) is 0 Å². The molecule has 0 aromatic carbocycles. The number of allylic oxidation sites excluding steroid dienone is 1. The van der Waals surface area contributed by atoms with E-state index in [9.17, 15) is 14.7 Å². The van der Waals surface area contributed by atoms with Gasteiger partial charge in [0.1, 0.15) is 17.1 Å². The maximum Gasteiger partial charge on any atom is 0.407 e. The smallest absolute Gasteiger partial charge is 0.407 e. The zero-order valence-electron chi connectivity index (χ0n) is 18.4. The Bertz CT molecular complexity index is 691. The second kappa shape index (κ2) is 11.6. The number of hydrogen-bond acceptors (Lipinski definition) is 5. The zero-order chi connectivity index (χ0) is 22.9. The lowest BCUT2D eigenvalue weighted by atomic mass is 9.96. The van der Waals surface area contributed by atoms with E-state index < -0.39 is 23.7 Å². The monoisotopic (exact) mass is 428 g/mol. The average molecular weight is 429 g/mol. The molecule has 2 N–H and O–H groups in total. The van der Waals surface area contributed by atoms with Crippen molar-refractivity contribution in [3.8, 4) is 0 Å². The third-order valence-corrected chi connectivity index (χ3v) is 4.23. The molecule has 0 rings (SSSR count). The molecule has 2 atom stereocenters. The summed E-state index contributed by atoms with van der Waals surface area (Å²) in [5, 5.41) is 12.2. The maximum absolute atomic E-state index is 12.2. The van der Waals surface area contributed by atoms with Crippen molar-refractivity contribution < 1.29 is 19.4 Å². The highest BCUT2D eigenvalue weighted by Gasteiger charge is 2.32. The molecule has 2 unspecified atom stereocenters. The summed E-state index contributed by atoms with van der Waals surface area (Å²) in [4.78, 5) is 33.2.